The molecule has 0 heterocycles. The monoisotopic (exact) mass is 243 g/mol. The molecule has 0 saturated heterocycles. The first-order valence-electron chi connectivity index (χ1n) is 4.89. The Hall–Kier alpha value is -1.98. The third-order valence-corrected chi connectivity index (χ3v) is 1.99. The number of anilines is 1. The van der Waals surface area contributed by atoms with Gasteiger partial charge in [-0.15, -0.1) is 0 Å². The van der Waals surface area contributed by atoms with Crippen LogP contribution in [0, 0.1) is 0 Å². The molecular formula is C11H11F2NO3. The summed E-state index contributed by atoms with van der Waals surface area (Å²) in [5, 5.41) is 10.7. The third kappa shape index (κ3) is 4.58. The molecule has 0 unspecified atom stereocenters. The Morgan fingerprint density at radius 3 is 2.59 bits per heavy atom. The number of carbonyl (C=O) groups is 2. The van der Waals surface area contributed by atoms with E-state index in [0.29, 0.717) is 0 Å². The first kappa shape index (κ1) is 13.1. The van der Waals surface area contributed by atoms with Crippen LogP contribution in [-0.2, 0) is 9.59 Å². The molecule has 0 bridgehead atoms. The van der Waals surface area contributed by atoms with E-state index in [-0.39, 0.29) is 24.1 Å². The number of amides is 1. The van der Waals surface area contributed by atoms with E-state index in [2.05, 4.69) is 5.32 Å². The number of benzene rings is 1. The molecule has 0 spiro atoms. The summed E-state index contributed by atoms with van der Waals surface area (Å²) < 4.78 is 24.7. The van der Waals surface area contributed by atoms with E-state index in [4.69, 9.17) is 5.11 Å². The van der Waals surface area contributed by atoms with Crippen LogP contribution in [0.5, 0.6) is 0 Å². The van der Waals surface area contributed by atoms with Gasteiger partial charge in [0, 0.05) is 17.7 Å². The number of hydrogen-bond acceptors (Lipinski definition) is 2. The minimum Gasteiger partial charge on any atom is -0.481 e. The molecule has 1 aromatic rings. The molecule has 1 aromatic carbocycles. The molecule has 0 aromatic heterocycles. The molecule has 0 saturated carbocycles. The minimum absolute atomic E-state index is 0.186. The fraction of sp³-hybridized carbons (Fsp3) is 0.273. The second kappa shape index (κ2) is 5.93. The van der Waals surface area contributed by atoms with Crippen molar-refractivity contribution in [1.29, 1.82) is 0 Å². The van der Waals surface area contributed by atoms with Gasteiger partial charge in [-0.3, -0.25) is 9.59 Å². The number of aliphatic carboxylic acids is 1. The van der Waals surface area contributed by atoms with Crippen LogP contribution in [0.4, 0.5) is 14.5 Å². The van der Waals surface area contributed by atoms with Crippen molar-refractivity contribution in [3.05, 3.63) is 29.8 Å². The van der Waals surface area contributed by atoms with Gasteiger partial charge in [0.25, 0.3) is 6.43 Å². The summed E-state index contributed by atoms with van der Waals surface area (Å²) in [4.78, 5) is 21.5. The minimum atomic E-state index is -2.61. The van der Waals surface area contributed by atoms with Gasteiger partial charge in [-0.05, 0) is 12.1 Å². The standard InChI is InChI=1S/C11H11F2NO3/c12-11(13)7-2-1-3-8(6-7)14-9(15)4-5-10(16)17/h1-3,6,11H,4-5H2,(H,14,15)(H,16,17). The lowest BCUT2D eigenvalue weighted by Gasteiger charge is -2.06. The Morgan fingerprint density at radius 2 is 2.00 bits per heavy atom. The second-order valence-electron chi connectivity index (χ2n) is 3.37. The molecule has 6 heteroatoms. The Balaban J connectivity index is 2.59. The topological polar surface area (TPSA) is 66.4 Å². The van der Waals surface area contributed by atoms with Crippen LogP contribution in [0.3, 0.4) is 0 Å². The Labute approximate surface area is 96.3 Å². The van der Waals surface area contributed by atoms with Gasteiger partial charge in [-0.25, -0.2) is 8.78 Å². The number of halogens is 2. The molecule has 0 aliphatic rings. The molecule has 1 rings (SSSR count). The maximum absolute atomic E-state index is 12.3. The Morgan fingerprint density at radius 1 is 1.29 bits per heavy atom. The second-order valence-corrected chi connectivity index (χ2v) is 3.37. The SMILES string of the molecule is O=C(O)CCC(=O)Nc1cccc(C(F)F)c1. The zero-order valence-electron chi connectivity index (χ0n) is 8.82. The zero-order chi connectivity index (χ0) is 12.8. The van der Waals surface area contributed by atoms with Crippen molar-refractivity contribution in [2.75, 3.05) is 5.32 Å². The van der Waals surface area contributed by atoms with E-state index >= 15 is 0 Å². The van der Waals surface area contributed by atoms with Gasteiger partial charge in [0.15, 0.2) is 0 Å². The highest BCUT2D eigenvalue weighted by atomic mass is 19.3. The molecule has 0 aliphatic heterocycles. The van der Waals surface area contributed by atoms with E-state index in [1.807, 2.05) is 0 Å². The van der Waals surface area contributed by atoms with Crippen molar-refractivity contribution in [1.82, 2.24) is 0 Å². The van der Waals surface area contributed by atoms with Gasteiger partial charge in [-0.2, -0.15) is 0 Å². The highest BCUT2D eigenvalue weighted by molar-refractivity contribution is 5.92. The number of hydrogen-bond donors (Lipinski definition) is 2. The van der Waals surface area contributed by atoms with Gasteiger partial charge in [0.1, 0.15) is 0 Å². The van der Waals surface area contributed by atoms with Crippen LogP contribution in [0.15, 0.2) is 24.3 Å². The van der Waals surface area contributed by atoms with Gasteiger partial charge in [-0.1, -0.05) is 12.1 Å². The lowest BCUT2D eigenvalue weighted by Crippen LogP contribution is -2.13. The summed E-state index contributed by atoms with van der Waals surface area (Å²) in [5.41, 5.74) is 0.0409. The Bertz CT molecular complexity index is 421. The van der Waals surface area contributed by atoms with Crippen LogP contribution in [-0.4, -0.2) is 17.0 Å². The maximum Gasteiger partial charge on any atom is 0.303 e. The van der Waals surface area contributed by atoms with E-state index < -0.39 is 18.3 Å². The molecule has 0 atom stereocenters. The largest absolute Gasteiger partial charge is 0.481 e. The normalized spacial score (nSPS) is 10.3. The van der Waals surface area contributed by atoms with Crippen molar-refractivity contribution >= 4 is 17.6 Å². The number of rotatable bonds is 5. The molecule has 0 radical (unpaired) electrons. The fourth-order valence-electron chi connectivity index (χ4n) is 1.20. The van der Waals surface area contributed by atoms with Crippen molar-refractivity contribution in [2.45, 2.75) is 19.3 Å². The summed E-state index contributed by atoms with van der Waals surface area (Å²) in [5.74, 6) is -1.60. The van der Waals surface area contributed by atoms with Crippen molar-refractivity contribution < 1.29 is 23.5 Å². The van der Waals surface area contributed by atoms with Crippen LogP contribution in [0.25, 0.3) is 0 Å². The van der Waals surface area contributed by atoms with E-state index in [1.165, 1.54) is 18.2 Å². The van der Waals surface area contributed by atoms with Crippen LogP contribution < -0.4 is 5.32 Å². The highest BCUT2D eigenvalue weighted by Gasteiger charge is 2.09. The van der Waals surface area contributed by atoms with Gasteiger partial charge in [0.05, 0.1) is 6.42 Å². The number of nitrogens with one attached hydrogen (secondary N) is 1. The van der Waals surface area contributed by atoms with E-state index in [0.717, 1.165) is 6.07 Å². The first-order valence-corrected chi connectivity index (χ1v) is 4.89. The summed E-state index contributed by atoms with van der Waals surface area (Å²) in [7, 11) is 0. The van der Waals surface area contributed by atoms with Crippen molar-refractivity contribution in [3.8, 4) is 0 Å². The molecule has 0 fully saturated rings. The fourth-order valence-corrected chi connectivity index (χ4v) is 1.20. The average Bonchev–Trinajstić information content (AvgIpc) is 2.26. The number of carboxylic acids is 1. The third-order valence-electron chi connectivity index (χ3n) is 1.99. The summed E-state index contributed by atoms with van der Waals surface area (Å²) in [6, 6.07) is 5.26. The van der Waals surface area contributed by atoms with Crippen LogP contribution >= 0.6 is 0 Å². The van der Waals surface area contributed by atoms with Crippen molar-refractivity contribution in [3.63, 3.8) is 0 Å². The predicted octanol–water partition coefficient (Wildman–Crippen LogP) is 2.43. The zero-order valence-corrected chi connectivity index (χ0v) is 8.82. The molecule has 4 nitrogen and oxygen atoms in total. The summed E-state index contributed by atoms with van der Waals surface area (Å²) >= 11 is 0. The molecule has 17 heavy (non-hydrogen) atoms. The number of alkyl halides is 2. The lowest BCUT2D eigenvalue weighted by atomic mass is 10.2. The number of carbonyl (C=O) groups excluding carboxylic acids is 1. The molecular weight excluding hydrogens is 232 g/mol. The predicted molar refractivity (Wildman–Crippen MR) is 56.9 cm³/mol. The van der Waals surface area contributed by atoms with Gasteiger partial charge >= 0.3 is 5.97 Å². The smallest absolute Gasteiger partial charge is 0.303 e. The molecule has 1 amide bonds. The summed E-state index contributed by atoms with van der Waals surface area (Å²) in [6.45, 7) is 0. The molecule has 0 aliphatic carbocycles. The van der Waals surface area contributed by atoms with Gasteiger partial charge in [0.2, 0.25) is 5.91 Å². The molecule has 2 N–H and O–H groups in total. The quantitative estimate of drug-likeness (QED) is 0.834. The number of carboxylic acid groups (broad SMARTS) is 1. The van der Waals surface area contributed by atoms with Gasteiger partial charge < -0.3 is 10.4 Å². The average molecular weight is 243 g/mol. The maximum atomic E-state index is 12.3. The lowest BCUT2D eigenvalue weighted by molar-refractivity contribution is -0.138. The van der Waals surface area contributed by atoms with Crippen LogP contribution in [0.1, 0.15) is 24.8 Å². The molecule has 92 valence electrons. The van der Waals surface area contributed by atoms with E-state index in [1.54, 1.807) is 0 Å². The first-order chi connectivity index (χ1) is 7.99. The highest BCUT2D eigenvalue weighted by Crippen LogP contribution is 2.21. The van der Waals surface area contributed by atoms with Crippen LogP contribution in [0.2, 0.25) is 0 Å². The van der Waals surface area contributed by atoms with Crippen molar-refractivity contribution in [2.24, 2.45) is 0 Å². The summed E-state index contributed by atoms with van der Waals surface area (Å²) in [6.07, 6.45) is -3.08. The van der Waals surface area contributed by atoms with E-state index in [9.17, 15) is 18.4 Å². The Kier molecular flexibility index (Phi) is 4.56.